The number of imidazole rings is 1. The van der Waals surface area contributed by atoms with Crippen LogP contribution >= 0.6 is 0 Å². The van der Waals surface area contributed by atoms with Crippen LogP contribution in [0.15, 0.2) is 67.1 Å². The number of anilines is 2. The summed E-state index contributed by atoms with van der Waals surface area (Å²) in [5.74, 6) is 0. The van der Waals surface area contributed by atoms with E-state index in [-0.39, 0.29) is 0 Å². The van der Waals surface area contributed by atoms with E-state index >= 15 is 0 Å². The Bertz CT molecular complexity index is 1280. The van der Waals surface area contributed by atoms with Crippen molar-refractivity contribution in [1.29, 1.82) is 0 Å². The monoisotopic (exact) mass is 407 g/mol. The van der Waals surface area contributed by atoms with E-state index < -0.39 is 10.0 Å². The number of benzene rings is 2. The highest BCUT2D eigenvalue weighted by molar-refractivity contribution is 7.92. The van der Waals surface area contributed by atoms with E-state index in [1.807, 2.05) is 37.0 Å². The van der Waals surface area contributed by atoms with Crippen LogP contribution in [0.3, 0.4) is 0 Å². The van der Waals surface area contributed by atoms with E-state index in [1.165, 1.54) is 0 Å². The summed E-state index contributed by atoms with van der Waals surface area (Å²) in [7, 11) is 0.672. The second-order valence-corrected chi connectivity index (χ2v) is 8.79. The van der Waals surface area contributed by atoms with Crippen LogP contribution in [0.2, 0.25) is 0 Å². The molecule has 148 valence electrons. The quantitative estimate of drug-likeness (QED) is 0.548. The number of aromatic nitrogens is 3. The predicted octanol–water partition coefficient (Wildman–Crippen LogP) is 3.50. The summed E-state index contributed by atoms with van der Waals surface area (Å²) < 4.78 is 27.5. The molecule has 7 nitrogen and oxygen atoms in total. The van der Waals surface area contributed by atoms with Gasteiger partial charge in [-0.25, -0.2) is 13.4 Å². The molecule has 0 radical (unpaired) electrons. The Labute approximate surface area is 169 Å². The highest BCUT2D eigenvalue weighted by Gasteiger charge is 2.10. The van der Waals surface area contributed by atoms with Gasteiger partial charge < -0.3 is 4.90 Å². The zero-order chi connectivity index (χ0) is 20.6. The summed E-state index contributed by atoms with van der Waals surface area (Å²) in [6.07, 6.45) is 6.58. The van der Waals surface area contributed by atoms with E-state index in [1.54, 1.807) is 24.4 Å². The summed E-state index contributed by atoms with van der Waals surface area (Å²) in [6, 6.07) is 15.4. The highest BCUT2D eigenvalue weighted by atomic mass is 32.2. The molecule has 0 unspecified atom stereocenters. The van der Waals surface area contributed by atoms with Gasteiger partial charge in [0.15, 0.2) is 5.65 Å². The van der Waals surface area contributed by atoms with Crippen molar-refractivity contribution in [3.05, 3.63) is 67.1 Å². The third-order valence-corrected chi connectivity index (χ3v) is 5.14. The molecule has 2 aromatic carbocycles. The summed E-state index contributed by atoms with van der Waals surface area (Å²) in [6.45, 7) is 0. The minimum absolute atomic E-state index is 0.497. The Morgan fingerprint density at radius 1 is 0.966 bits per heavy atom. The van der Waals surface area contributed by atoms with Crippen molar-refractivity contribution in [3.63, 3.8) is 0 Å². The van der Waals surface area contributed by atoms with Gasteiger partial charge in [0, 0.05) is 42.8 Å². The van der Waals surface area contributed by atoms with Gasteiger partial charge in [0.1, 0.15) is 0 Å². The maximum absolute atomic E-state index is 11.5. The average molecular weight is 407 g/mol. The number of sulfonamides is 1. The number of nitrogens with zero attached hydrogens (tertiary/aromatic N) is 4. The van der Waals surface area contributed by atoms with Gasteiger partial charge in [0.25, 0.3) is 0 Å². The summed E-state index contributed by atoms with van der Waals surface area (Å²) >= 11 is 0. The molecule has 2 heterocycles. The van der Waals surface area contributed by atoms with Crippen molar-refractivity contribution in [3.8, 4) is 22.5 Å². The van der Waals surface area contributed by atoms with E-state index in [0.717, 1.165) is 40.1 Å². The smallest absolute Gasteiger partial charge is 0.229 e. The lowest BCUT2D eigenvalue weighted by atomic mass is 10.1. The molecule has 2 aromatic heterocycles. The van der Waals surface area contributed by atoms with E-state index in [2.05, 4.69) is 43.9 Å². The Morgan fingerprint density at radius 3 is 2.41 bits per heavy atom. The molecule has 29 heavy (non-hydrogen) atoms. The number of nitrogens with one attached hydrogen (secondary N) is 1. The summed E-state index contributed by atoms with van der Waals surface area (Å²) in [4.78, 5) is 11.0. The zero-order valence-corrected chi connectivity index (χ0v) is 17.2. The van der Waals surface area contributed by atoms with Crippen LogP contribution in [0.5, 0.6) is 0 Å². The number of hydrogen-bond donors (Lipinski definition) is 1. The molecule has 0 aliphatic carbocycles. The SMILES string of the molecule is CN(C)c1ccc(-c2cnc3cnc(-c4cccc(NS(C)(=O)=O)c4)cn23)cc1. The molecule has 8 heteroatoms. The van der Waals surface area contributed by atoms with Gasteiger partial charge in [-0.3, -0.25) is 14.1 Å². The molecule has 0 aliphatic heterocycles. The van der Waals surface area contributed by atoms with Gasteiger partial charge in [-0.1, -0.05) is 24.3 Å². The van der Waals surface area contributed by atoms with E-state index in [9.17, 15) is 8.42 Å². The third-order valence-electron chi connectivity index (χ3n) is 4.54. The van der Waals surface area contributed by atoms with Crippen LogP contribution in [-0.4, -0.2) is 43.1 Å². The van der Waals surface area contributed by atoms with Crippen molar-refractivity contribution in [1.82, 2.24) is 14.4 Å². The van der Waals surface area contributed by atoms with Crippen LogP contribution in [-0.2, 0) is 10.0 Å². The predicted molar refractivity (Wildman–Crippen MR) is 117 cm³/mol. The molecule has 0 saturated heterocycles. The average Bonchev–Trinajstić information content (AvgIpc) is 3.10. The molecule has 0 aliphatic rings. The first-order chi connectivity index (χ1) is 13.8. The standard InChI is InChI=1S/C21H21N5O2S/c1-25(2)18-9-7-15(8-10-18)20-12-23-21-13-22-19(14-26(20)21)16-5-4-6-17(11-16)24-29(3,27)28/h4-14,24H,1-3H3. The normalized spacial score (nSPS) is 11.6. The number of hydrogen-bond acceptors (Lipinski definition) is 5. The summed E-state index contributed by atoms with van der Waals surface area (Å²) in [5, 5.41) is 0. The van der Waals surface area contributed by atoms with Gasteiger partial charge in [0.2, 0.25) is 10.0 Å². The minimum Gasteiger partial charge on any atom is -0.378 e. The second-order valence-electron chi connectivity index (χ2n) is 7.04. The molecule has 0 atom stereocenters. The molecule has 0 bridgehead atoms. The fraction of sp³-hybridized carbons (Fsp3) is 0.143. The molecule has 0 spiro atoms. The second kappa shape index (κ2) is 7.21. The van der Waals surface area contributed by atoms with Gasteiger partial charge >= 0.3 is 0 Å². The first kappa shape index (κ1) is 18.9. The Kier molecular flexibility index (Phi) is 4.71. The van der Waals surface area contributed by atoms with Gasteiger partial charge in [0.05, 0.1) is 30.0 Å². The Hall–Kier alpha value is -3.39. The van der Waals surface area contributed by atoms with Crippen molar-refractivity contribution < 1.29 is 8.42 Å². The molecule has 1 N–H and O–H groups in total. The lowest BCUT2D eigenvalue weighted by Crippen LogP contribution is -2.09. The molecule has 0 saturated carbocycles. The Balaban J connectivity index is 1.75. The highest BCUT2D eigenvalue weighted by Crippen LogP contribution is 2.26. The Morgan fingerprint density at radius 2 is 1.72 bits per heavy atom. The molecular formula is C21H21N5O2S. The van der Waals surface area contributed by atoms with Crippen molar-refractivity contribution in [2.75, 3.05) is 30.0 Å². The maximum atomic E-state index is 11.5. The van der Waals surface area contributed by atoms with Crippen LogP contribution in [0.4, 0.5) is 11.4 Å². The first-order valence-corrected chi connectivity index (χ1v) is 10.9. The van der Waals surface area contributed by atoms with Crippen molar-refractivity contribution in [2.24, 2.45) is 0 Å². The molecule has 0 amide bonds. The van der Waals surface area contributed by atoms with Crippen LogP contribution < -0.4 is 9.62 Å². The third kappa shape index (κ3) is 4.07. The number of rotatable bonds is 5. The van der Waals surface area contributed by atoms with Crippen molar-refractivity contribution in [2.45, 2.75) is 0 Å². The topological polar surface area (TPSA) is 79.6 Å². The molecule has 4 aromatic rings. The first-order valence-electron chi connectivity index (χ1n) is 8.99. The molecular weight excluding hydrogens is 386 g/mol. The fourth-order valence-electron chi connectivity index (χ4n) is 3.14. The van der Waals surface area contributed by atoms with Gasteiger partial charge in [-0.2, -0.15) is 0 Å². The zero-order valence-electron chi connectivity index (χ0n) is 16.4. The van der Waals surface area contributed by atoms with E-state index in [4.69, 9.17) is 0 Å². The largest absolute Gasteiger partial charge is 0.378 e. The maximum Gasteiger partial charge on any atom is 0.229 e. The van der Waals surface area contributed by atoms with E-state index in [0.29, 0.717) is 5.69 Å². The van der Waals surface area contributed by atoms with Crippen molar-refractivity contribution >= 4 is 27.0 Å². The number of fused-ring (bicyclic) bond motifs is 1. The minimum atomic E-state index is -3.34. The lowest BCUT2D eigenvalue weighted by molar-refractivity contribution is 0.607. The van der Waals surface area contributed by atoms with Gasteiger partial charge in [-0.05, 0) is 24.3 Å². The van der Waals surface area contributed by atoms with Gasteiger partial charge in [-0.15, -0.1) is 0 Å². The fourth-order valence-corrected chi connectivity index (χ4v) is 3.69. The summed E-state index contributed by atoms with van der Waals surface area (Å²) in [5.41, 5.74) is 5.90. The molecule has 0 fully saturated rings. The molecule has 4 rings (SSSR count). The lowest BCUT2D eigenvalue weighted by Gasteiger charge is -2.12. The van der Waals surface area contributed by atoms with Crippen LogP contribution in [0, 0.1) is 0 Å². The van der Waals surface area contributed by atoms with Crippen LogP contribution in [0.1, 0.15) is 0 Å². The van der Waals surface area contributed by atoms with Crippen LogP contribution in [0.25, 0.3) is 28.2 Å².